The highest BCUT2D eigenvalue weighted by Gasteiger charge is 2.19. The van der Waals surface area contributed by atoms with E-state index < -0.39 is 0 Å². The minimum Gasteiger partial charge on any atom is -0.383 e. The van der Waals surface area contributed by atoms with E-state index in [0.717, 1.165) is 13.1 Å². The van der Waals surface area contributed by atoms with E-state index in [1.807, 2.05) is 13.8 Å². The highest BCUT2D eigenvalue weighted by molar-refractivity contribution is 6.30. The maximum Gasteiger partial charge on any atom is 0.209 e. The molecule has 1 heterocycles. The zero-order valence-electron chi connectivity index (χ0n) is 15.5. The van der Waals surface area contributed by atoms with Crippen molar-refractivity contribution in [3.05, 3.63) is 58.4 Å². The number of carbonyl (C=O) groups excluding carboxylic acids is 2. The smallest absolute Gasteiger partial charge is 0.209 e. The Morgan fingerprint density at radius 3 is 2.35 bits per heavy atom. The molecule has 1 aromatic heterocycles. The number of methoxy groups -OCH3 is 1. The molecule has 1 aromatic carbocycles. The van der Waals surface area contributed by atoms with Crippen LogP contribution >= 0.6 is 11.6 Å². The average Bonchev–Trinajstić information content (AvgIpc) is 3.08. The Balaban J connectivity index is 2.31. The molecular weight excluding hydrogens is 352 g/mol. The van der Waals surface area contributed by atoms with Gasteiger partial charge in [0.05, 0.1) is 18.8 Å². The number of nitrogens with zero attached hydrogens (tertiary/aromatic N) is 2. The minimum atomic E-state index is -0.139. The zero-order valence-corrected chi connectivity index (χ0v) is 16.3. The molecule has 0 aliphatic carbocycles. The van der Waals surface area contributed by atoms with Gasteiger partial charge < -0.3 is 9.30 Å². The van der Waals surface area contributed by atoms with Gasteiger partial charge in [0, 0.05) is 36.0 Å². The number of benzene rings is 1. The van der Waals surface area contributed by atoms with Crippen molar-refractivity contribution in [2.75, 3.05) is 33.4 Å². The molecule has 2 rings (SSSR count). The van der Waals surface area contributed by atoms with Crippen LogP contribution in [0.25, 0.3) is 0 Å². The Kier molecular flexibility index (Phi) is 7.57. The van der Waals surface area contributed by atoms with Crippen LogP contribution in [0.3, 0.4) is 0 Å². The van der Waals surface area contributed by atoms with Crippen LogP contribution in [-0.4, -0.2) is 54.4 Å². The topological polar surface area (TPSA) is 51.5 Å². The monoisotopic (exact) mass is 376 g/mol. The molecule has 0 radical (unpaired) electrons. The van der Waals surface area contributed by atoms with Crippen molar-refractivity contribution < 1.29 is 14.3 Å². The van der Waals surface area contributed by atoms with Gasteiger partial charge in [-0.1, -0.05) is 25.4 Å². The van der Waals surface area contributed by atoms with Gasteiger partial charge >= 0.3 is 0 Å². The van der Waals surface area contributed by atoms with Gasteiger partial charge in [-0.05, 0) is 43.4 Å². The third-order valence-electron chi connectivity index (χ3n) is 4.36. The predicted molar refractivity (Wildman–Crippen MR) is 103 cm³/mol. The van der Waals surface area contributed by atoms with Crippen LogP contribution in [0, 0.1) is 0 Å². The molecule has 0 saturated carbocycles. The van der Waals surface area contributed by atoms with Gasteiger partial charge in [0.15, 0.2) is 5.78 Å². The van der Waals surface area contributed by atoms with Crippen molar-refractivity contribution >= 4 is 23.2 Å². The van der Waals surface area contributed by atoms with Crippen molar-refractivity contribution in [3.63, 3.8) is 0 Å². The molecule has 140 valence electrons. The van der Waals surface area contributed by atoms with Gasteiger partial charge in [-0.3, -0.25) is 14.5 Å². The molecule has 5 nitrogen and oxygen atoms in total. The fourth-order valence-electron chi connectivity index (χ4n) is 2.72. The van der Waals surface area contributed by atoms with Gasteiger partial charge in [-0.25, -0.2) is 0 Å². The van der Waals surface area contributed by atoms with Crippen molar-refractivity contribution in [1.29, 1.82) is 0 Å². The fourth-order valence-corrected chi connectivity index (χ4v) is 2.84. The Morgan fingerprint density at radius 2 is 1.77 bits per heavy atom. The third kappa shape index (κ3) is 5.04. The molecule has 0 aliphatic heterocycles. The fraction of sp³-hybridized carbons (Fsp3) is 0.400. The standard InChI is InChI=1S/C20H25ClN2O3/c1-4-22(5-2)14-19(24)16-12-18(23(13-16)10-11-26-3)20(25)15-6-8-17(21)9-7-15/h6-9,12-13H,4-5,10-11,14H2,1-3H3. The van der Waals surface area contributed by atoms with E-state index in [2.05, 4.69) is 4.90 Å². The third-order valence-corrected chi connectivity index (χ3v) is 4.61. The Morgan fingerprint density at radius 1 is 1.12 bits per heavy atom. The number of carbonyl (C=O) groups is 2. The number of ether oxygens (including phenoxy) is 1. The Bertz CT molecular complexity index is 749. The van der Waals surface area contributed by atoms with Gasteiger partial charge in [0.2, 0.25) is 5.78 Å². The summed E-state index contributed by atoms with van der Waals surface area (Å²) in [5.41, 5.74) is 1.56. The molecule has 26 heavy (non-hydrogen) atoms. The summed E-state index contributed by atoms with van der Waals surface area (Å²) in [6.45, 7) is 6.97. The molecule has 0 spiro atoms. The molecule has 0 saturated heterocycles. The van der Waals surface area contributed by atoms with Gasteiger partial charge in [0.25, 0.3) is 0 Å². The van der Waals surface area contributed by atoms with E-state index in [4.69, 9.17) is 16.3 Å². The zero-order chi connectivity index (χ0) is 19.1. The van der Waals surface area contributed by atoms with Crippen LogP contribution in [0.2, 0.25) is 5.02 Å². The van der Waals surface area contributed by atoms with Crippen LogP contribution in [0.15, 0.2) is 36.5 Å². The van der Waals surface area contributed by atoms with Crippen LogP contribution < -0.4 is 0 Å². The number of hydrogen-bond donors (Lipinski definition) is 0. The summed E-state index contributed by atoms with van der Waals surface area (Å²) in [6.07, 6.45) is 1.74. The first-order chi connectivity index (χ1) is 12.5. The second kappa shape index (κ2) is 9.67. The second-order valence-corrected chi connectivity index (χ2v) is 6.46. The van der Waals surface area contributed by atoms with E-state index >= 15 is 0 Å². The summed E-state index contributed by atoms with van der Waals surface area (Å²) >= 11 is 5.90. The molecule has 0 atom stereocenters. The summed E-state index contributed by atoms with van der Waals surface area (Å²) in [4.78, 5) is 27.5. The van der Waals surface area contributed by atoms with Crippen molar-refractivity contribution in [3.8, 4) is 0 Å². The molecule has 0 bridgehead atoms. The van der Waals surface area contributed by atoms with Gasteiger partial charge in [0.1, 0.15) is 0 Å². The van der Waals surface area contributed by atoms with Crippen LogP contribution in [0.1, 0.15) is 40.3 Å². The highest BCUT2D eigenvalue weighted by Crippen LogP contribution is 2.17. The Hall–Kier alpha value is -1.95. The number of hydrogen-bond acceptors (Lipinski definition) is 4. The van der Waals surface area contributed by atoms with Crippen molar-refractivity contribution in [1.82, 2.24) is 9.47 Å². The highest BCUT2D eigenvalue weighted by atomic mass is 35.5. The Labute approximate surface area is 159 Å². The second-order valence-electron chi connectivity index (χ2n) is 6.02. The van der Waals surface area contributed by atoms with Crippen LogP contribution in [-0.2, 0) is 11.3 Å². The lowest BCUT2D eigenvalue weighted by Gasteiger charge is -2.16. The summed E-state index contributed by atoms with van der Waals surface area (Å²) in [6, 6.07) is 8.43. The van der Waals surface area contributed by atoms with Crippen LogP contribution in [0.5, 0.6) is 0 Å². The molecular formula is C20H25ClN2O3. The first-order valence-electron chi connectivity index (χ1n) is 8.75. The van der Waals surface area contributed by atoms with E-state index in [0.29, 0.717) is 41.5 Å². The quantitative estimate of drug-likeness (QED) is 0.595. The number of ketones is 2. The summed E-state index contributed by atoms with van der Waals surface area (Å²) in [5.74, 6) is -0.130. The van der Waals surface area contributed by atoms with Gasteiger partial charge in [-0.2, -0.15) is 0 Å². The van der Waals surface area contributed by atoms with Crippen LogP contribution in [0.4, 0.5) is 0 Å². The maximum absolute atomic E-state index is 12.9. The van der Waals surface area contributed by atoms with E-state index in [9.17, 15) is 9.59 Å². The largest absolute Gasteiger partial charge is 0.383 e. The van der Waals surface area contributed by atoms with E-state index in [1.165, 1.54) is 0 Å². The number of rotatable bonds is 10. The summed E-state index contributed by atoms with van der Waals surface area (Å²) in [7, 11) is 1.61. The normalized spacial score (nSPS) is 11.1. The summed E-state index contributed by atoms with van der Waals surface area (Å²) in [5, 5.41) is 0.575. The number of aromatic nitrogens is 1. The predicted octanol–water partition coefficient (Wildman–Crippen LogP) is 3.54. The molecule has 0 aliphatic rings. The van der Waals surface area contributed by atoms with E-state index in [1.54, 1.807) is 48.2 Å². The number of halogens is 1. The first kappa shape index (κ1) is 20.4. The summed E-state index contributed by atoms with van der Waals surface area (Å²) < 4.78 is 6.92. The number of Topliss-reactive ketones (excluding diaryl/α,β-unsaturated/α-hetero) is 1. The molecule has 0 amide bonds. The first-order valence-corrected chi connectivity index (χ1v) is 9.12. The van der Waals surface area contributed by atoms with Crippen molar-refractivity contribution in [2.24, 2.45) is 0 Å². The molecule has 0 N–H and O–H groups in total. The van der Waals surface area contributed by atoms with Gasteiger partial charge in [-0.15, -0.1) is 0 Å². The lowest BCUT2D eigenvalue weighted by Crippen LogP contribution is -2.29. The number of likely N-dealkylation sites (N-methyl/N-ethyl adjacent to an activating group) is 1. The lowest BCUT2D eigenvalue weighted by atomic mass is 10.1. The average molecular weight is 377 g/mol. The lowest BCUT2D eigenvalue weighted by molar-refractivity contribution is 0.0937. The molecule has 0 unspecified atom stereocenters. The SMILES string of the molecule is CCN(CC)CC(=O)c1cc(C(=O)c2ccc(Cl)cc2)n(CCOC)c1. The molecule has 0 fully saturated rings. The van der Waals surface area contributed by atoms with Crippen molar-refractivity contribution in [2.45, 2.75) is 20.4 Å². The minimum absolute atomic E-state index is 0.00928. The molecule has 6 heteroatoms. The maximum atomic E-state index is 12.9. The molecule has 2 aromatic rings. The van der Waals surface area contributed by atoms with E-state index in [-0.39, 0.29) is 11.6 Å².